The number of H-pyrrole nitrogens is 1. The van der Waals surface area contributed by atoms with E-state index < -0.39 is 10.0 Å². The van der Waals surface area contributed by atoms with E-state index in [1.807, 2.05) is 41.5 Å². The molecule has 1 aliphatic heterocycles. The van der Waals surface area contributed by atoms with Gasteiger partial charge in [0.05, 0.1) is 30.0 Å². The summed E-state index contributed by atoms with van der Waals surface area (Å²) < 4.78 is 34.6. The van der Waals surface area contributed by atoms with Crippen molar-refractivity contribution >= 4 is 21.1 Å². The number of nitrogens with one attached hydrogen (secondary N) is 1. The molecule has 1 aliphatic rings. The molecule has 5 rings (SSSR count). The van der Waals surface area contributed by atoms with Crippen LogP contribution < -0.4 is 0 Å². The first-order valence-corrected chi connectivity index (χ1v) is 12.5. The van der Waals surface area contributed by atoms with Crippen LogP contribution in [0, 0.1) is 0 Å². The Morgan fingerprint density at radius 3 is 2.88 bits per heavy atom. The molecule has 10 heteroatoms. The molecule has 4 heterocycles. The van der Waals surface area contributed by atoms with Gasteiger partial charge in [0.1, 0.15) is 12.0 Å². The van der Waals surface area contributed by atoms with Crippen LogP contribution in [0.3, 0.4) is 0 Å². The second-order valence-corrected chi connectivity index (χ2v) is 10.2. The van der Waals surface area contributed by atoms with Crippen molar-refractivity contribution in [1.29, 1.82) is 0 Å². The Labute approximate surface area is 192 Å². The molecule has 0 saturated carbocycles. The quantitative estimate of drug-likeness (QED) is 0.449. The molecule has 172 valence electrons. The highest BCUT2D eigenvalue weighted by atomic mass is 32.2. The number of aromatic amines is 1. The molecule has 0 radical (unpaired) electrons. The molecular formula is C23H26N6O3S. The third kappa shape index (κ3) is 4.41. The summed E-state index contributed by atoms with van der Waals surface area (Å²) in [7, 11) is -3.49. The van der Waals surface area contributed by atoms with Crippen LogP contribution in [0.4, 0.5) is 0 Å². The van der Waals surface area contributed by atoms with Crippen molar-refractivity contribution in [2.75, 3.05) is 26.3 Å². The number of benzene rings is 1. The van der Waals surface area contributed by atoms with Crippen LogP contribution in [0.25, 0.3) is 22.3 Å². The standard InChI is InChI=1S/C23H26N6O3S/c1-17(29-15-19(14-27-29)22-21-7-8-24-23(21)26-16-25-22)5-6-18-3-2-4-20(13-18)33(30,31)28-9-11-32-12-10-28/h2-4,7-8,13-17H,5-6,9-12H2,1H3,(H,24,25,26). The summed E-state index contributed by atoms with van der Waals surface area (Å²) in [6.45, 7) is 3.77. The fourth-order valence-corrected chi connectivity index (χ4v) is 5.59. The van der Waals surface area contributed by atoms with E-state index in [2.05, 4.69) is 27.0 Å². The molecule has 0 aliphatic carbocycles. The van der Waals surface area contributed by atoms with Crippen molar-refractivity contribution in [1.82, 2.24) is 29.0 Å². The minimum Gasteiger partial charge on any atom is -0.379 e. The Morgan fingerprint density at radius 1 is 1.18 bits per heavy atom. The SMILES string of the molecule is CC(CCc1cccc(S(=O)(=O)N2CCOCC2)c1)n1cc(-c2ncnc3[nH]ccc23)cn1. The fraction of sp³-hybridized carbons (Fsp3) is 0.348. The predicted molar refractivity (Wildman–Crippen MR) is 124 cm³/mol. The smallest absolute Gasteiger partial charge is 0.243 e. The highest BCUT2D eigenvalue weighted by Gasteiger charge is 2.26. The van der Waals surface area contributed by atoms with Crippen LogP contribution in [0.2, 0.25) is 0 Å². The summed E-state index contributed by atoms with van der Waals surface area (Å²) in [6, 6.07) is 9.35. The van der Waals surface area contributed by atoms with E-state index >= 15 is 0 Å². The Morgan fingerprint density at radius 2 is 2.03 bits per heavy atom. The van der Waals surface area contributed by atoms with Gasteiger partial charge < -0.3 is 9.72 Å². The predicted octanol–water partition coefficient (Wildman–Crippen LogP) is 3.04. The van der Waals surface area contributed by atoms with Gasteiger partial charge in [-0.1, -0.05) is 12.1 Å². The monoisotopic (exact) mass is 466 g/mol. The highest BCUT2D eigenvalue weighted by molar-refractivity contribution is 7.89. The fourth-order valence-electron chi connectivity index (χ4n) is 4.11. The van der Waals surface area contributed by atoms with Gasteiger partial charge in [0.15, 0.2) is 0 Å². The topological polar surface area (TPSA) is 106 Å². The van der Waals surface area contributed by atoms with E-state index in [1.165, 1.54) is 4.31 Å². The van der Waals surface area contributed by atoms with Crippen molar-refractivity contribution in [3.05, 3.63) is 60.8 Å². The normalized spacial score (nSPS) is 16.3. The van der Waals surface area contributed by atoms with Gasteiger partial charge in [-0.2, -0.15) is 9.40 Å². The maximum atomic E-state index is 13.0. The van der Waals surface area contributed by atoms with Gasteiger partial charge in [-0.3, -0.25) is 4.68 Å². The maximum absolute atomic E-state index is 13.0. The van der Waals surface area contributed by atoms with Crippen LogP contribution in [-0.2, 0) is 21.2 Å². The molecule has 9 nitrogen and oxygen atoms in total. The average molecular weight is 467 g/mol. The highest BCUT2D eigenvalue weighted by Crippen LogP contribution is 2.26. The van der Waals surface area contributed by atoms with Gasteiger partial charge in [-0.25, -0.2) is 18.4 Å². The Hall–Kier alpha value is -3.08. The van der Waals surface area contributed by atoms with Gasteiger partial charge in [-0.05, 0) is 43.5 Å². The van der Waals surface area contributed by atoms with Gasteiger partial charge in [0.25, 0.3) is 0 Å². The van der Waals surface area contributed by atoms with Gasteiger partial charge in [-0.15, -0.1) is 0 Å². The van der Waals surface area contributed by atoms with Crippen molar-refractivity contribution < 1.29 is 13.2 Å². The van der Waals surface area contributed by atoms with Crippen molar-refractivity contribution in [2.45, 2.75) is 30.7 Å². The number of aromatic nitrogens is 5. The van der Waals surface area contributed by atoms with Crippen LogP contribution in [0.15, 0.2) is 60.1 Å². The zero-order valence-corrected chi connectivity index (χ0v) is 19.2. The first-order chi connectivity index (χ1) is 16.0. The number of nitrogens with zero attached hydrogens (tertiary/aromatic N) is 5. The van der Waals surface area contributed by atoms with Gasteiger partial charge in [0, 0.05) is 42.5 Å². The van der Waals surface area contributed by atoms with Crippen LogP contribution in [0.5, 0.6) is 0 Å². The first kappa shape index (κ1) is 21.7. The van der Waals surface area contributed by atoms with E-state index in [0.717, 1.165) is 40.7 Å². The zero-order valence-electron chi connectivity index (χ0n) is 18.4. The third-order valence-electron chi connectivity index (χ3n) is 6.04. The lowest BCUT2D eigenvalue weighted by Crippen LogP contribution is -2.40. The Kier molecular flexibility index (Phi) is 5.96. The molecule has 33 heavy (non-hydrogen) atoms. The van der Waals surface area contributed by atoms with Crippen LogP contribution in [-0.4, -0.2) is 63.8 Å². The minimum atomic E-state index is -3.49. The molecule has 1 fully saturated rings. The van der Waals surface area contributed by atoms with Gasteiger partial charge in [0.2, 0.25) is 10.0 Å². The van der Waals surface area contributed by atoms with Crippen LogP contribution >= 0.6 is 0 Å². The molecule has 4 aromatic rings. The lowest BCUT2D eigenvalue weighted by molar-refractivity contribution is 0.0730. The Bertz CT molecular complexity index is 1360. The molecule has 1 aromatic carbocycles. The minimum absolute atomic E-state index is 0.141. The number of ether oxygens (including phenoxy) is 1. The van der Waals surface area contributed by atoms with Crippen molar-refractivity contribution in [2.24, 2.45) is 0 Å². The van der Waals surface area contributed by atoms with E-state index in [4.69, 9.17) is 4.74 Å². The third-order valence-corrected chi connectivity index (χ3v) is 7.93. The molecule has 1 atom stereocenters. The number of rotatable bonds is 7. The van der Waals surface area contributed by atoms with E-state index in [0.29, 0.717) is 31.2 Å². The lowest BCUT2D eigenvalue weighted by atomic mass is 10.1. The molecular weight excluding hydrogens is 440 g/mol. The Balaban J connectivity index is 1.28. The molecule has 1 saturated heterocycles. The van der Waals surface area contributed by atoms with Crippen molar-refractivity contribution in [3.63, 3.8) is 0 Å². The number of sulfonamides is 1. The van der Waals surface area contributed by atoms with E-state index in [1.54, 1.807) is 18.5 Å². The van der Waals surface area contributed by atoms with Crippen LogP contribution in [0.1, 0.15) is 24.9 Å². The average Bonchev–Trinajstić information content (AvgIpc) is 3.53. The molecule has 0 amide bonds. The number of aryl methyl sites for hydroxylation is 1. The molecule has 3 aromatic heterocycles. The van der Waals surface area contributed by atoms with Gasteiger partial charge >= 0.3 is 0 Å². The number of fused-ring (bicyclic) bond motifs is 1. The maximum Gasteiger partial charge on any atom is 0.243 e. The number of hydrogen-bond donors (Lipinski definition) is 1. The second kappa shape index (κ2) is 9.05. The second-order valence-electron chi connectivity index (χ2n) is 8.22. The summed E-state index contributed by atoms with van der Waals surface area (Å²) in [6.07, 6.45) is 8.79. The number of hydrogen-bond acceptors (Lipinski definition) is 6. The molecule has 1 unspecified atom stereocenters. The molecule has 0 bridgehead atoms. The first-order valence-electron chi connectivity index (χ1n) is 11.0. The summed E-state index contributed by atoms with van der Waals surface area (Å²) in [4.78, 5) is 12.1. The summed E-state index contributed by atoms with van der Waals surface area (Å²) in [5, 5.41) is 5.51. The summed E-state index contributed by atoms with van der Waals surface area (Å²) in [5.41, 5.74) is 3.58. The zero-order chi connectivity index (χ0) is 22.8. The number of morpholine rings is 1. The molecule has 0 spiro atoms. The largest absolute Gasteiger partial charge is 0.379 e. The summed E-state index contributed by atoms with van der Waals surface area (Å²) in [5.74, 6) is 0. The van der Waals surface area contributed by atoms with E-state index in [-0.39, 0.29) is 6.04 Å². The van der Waals surface area contributed by atoms with Crippen molar-refractivity contribution in [3.8, 4) is 11.3 Å². The molecule has 1 N–H and O–H groups in total. The summed E-state index contributed by atoms with van der Waals surface area (Å²) >= 11 is 0. The lowest BCUT2D eigenvalue weighted by Gasteiger charge is -2.26. The van der Waals surface area contributed by atoms with E-state index in [9.17, 15) is 8.42 Å².